The van der Waals surface area contributed by atoms with Gasteiger partial charge in [0.25, 0.3) is 0 Å². The van der Waals surface area contributed by atoms with E-state index < -0.39 is 0 Å². The van der Waals surface area contributed by atoms with Gasteiger partial charge in [0.05, 0.1) is 5.52 Å². The van der Waals surface area contributed by atoms with Crippen LogP contribution in [0.1, 0.15) is 0 Å². The van der Waals surface area contributed by atoms with Crippen LogP contribution in [-0.4, -0.2) is 14.8 Å². The van der Waals surface area contributed by atoms with E-state index in [2.05, 4.69) is 10.1 Å². The molecule has 1 aromatic carbocycles. The molecule has 0 unspecified atom stereocenters. The summed E-state index contributed by atoms with van der Waals surface area (Å²) in [5.41, 5.74) is 0.757. The van der Waals surface area contributed by atoms with Crippen LogP contribution < -0.4 is 0 Å². The Morgan fingerprint density at radius 1 is 1.12 bits per heavy atom. The molecule has 0 N–H and O–H groups in total. The third-order valence-electron chi connectivity index (χ3n) is 2.35. The van der Waals surface area contributed by atoms with Crippen molar-refractivity contribution in [3.63, 3.8) is 0 Å². The van der Waals surface area contributed by atoms with E-state index in [4.69, 9.17) is 0 Å². The maximum atomic E-state index is 13.0. The normalized spacial score (nSPS) is 10.8. The fraction of sp³-hybridized carbons (Fsp3) is 0. The van der Waals surface area contributed by atoms with E-state index >= 15 is 0 Å². The molecule has 0 fully saturated rings. The van der Waals surface area contributed by atoms with Gasteiger partial charge < -0.3 is 0 Å². The number of rotatable bonds is 1. The van der Waals surface area contributed by atoms with Gasteiger partial charge in [0, 0.05) is 17.8 Å². The molecule has 16 heavy (non-hydrogen) atoms. The SMILES string of the molecule is Fc1ccc2nn(-c3ccccn3)cc2c1. The first-order chi connectivity index (χ1) is 7.83. The Morgan fingerprint density at radius 2 is 2.06 bits per heavy atom. The molecule has 0 amide bonds. The summed E-state index contributed by atoms with van der Waals surface area (Å²) in [5.74, 6) is 0.465. The first-order valence-corrected chi connectivity index (χ1v) is 4.89. The number of aromatic nitrogens is 3. The average molecular weight is 213 g/mol. The molecule has 0 spiro atoms. The van der Waals surface area contributed by atoms with E-state index in [1.165, 1.54) is 12.1 Å². The number of halogens is 1. The molecule has 0 bridgehead atoms. The Morgan fingerprint density at radius 3 is 2.88 bits per heavy atom. The molecule has 3 aromatic rings. The summed E-state index contributed by atoms with van der Waals surface area (Å²) in [4.78, 5) is 4.17. The summed E-state index contributed by atoms with van der Waals surface area (Å²) in [7, 11) is 0. The summed E-state index contributed by atoms with van der Waals surface area (Å²) in [6, 6.07) is 10.1. The third kappa shape index (κ3) is 1.44. The van der Waals surface area contributed by atoms with Gasteiger partial charge in [-0.25, -0.2) is 14.1 Å². The molecule has 0 saturated carbocycles. The smallest absolute Gasteiger partial charge is 0.153 e. The van der Waals surface area contributed by atoms with Crippen molar-refractivity contribution in [2.45, 2.75) is 0 Å². The fourth-order valence-electron chi connectivity index (χ4n) is 1.60. The van der Waals surface area contributed by atoms with Gasteiger partial charge in [0.2, 0.25) is 0 Å². The van der Waals surface area contributed by atoms with Crippen LogP contribution in [0.25, 0.3) is 16.7 Å². The van der Waals surface area contributed by atoms with Crippen LogP contribution in [-0.2, 0) is 0 Å². The van der Waals surface area contributed by atoms with Crippen molar-refractivity contribution in [2.75, 3.05) is 0 Å². The van der Waals surface area contributed by atoms with Crippen LogP contribution in [0, 0.1) is 5.82 Å². The van der Waals surface area contributed by atoms with Gasteiger partial charge in [-0.15, -0.1) is 0 Å². The number of pyridine rings is 1. The van der Waals surface area contributed by atoms with Crippen molar-refractivity contribution in [3.8, 4) is 5.82 Å². The summed E-state index contributed by atoms with van der Waals surface area (Å²) in [6.07, 6.45) is 3.46. The highest BCUT2D eigenvalue weighted by Crippen LogP contribution is 2.15. The maximum absolute atomic E-state index is 13.0. The Hall–Kier alpha value is -2.23. The van der Waals surface area contributed by atoms with E-state index in [-0.39, 0.29) is 5.82 Å². The van der Waals surface area contributed by atoms with Crippen molar-refractivity contribution < 1.29 is 4.39 Å². The van der Waals surface area contributed by atoms with Gasteiger partial charge in [0.1, 0.15) is 5.82 Å². The molecule has 0 radical (unpaired) electrons. The molecular formula is C12H8FN3. The summed E-state index contributed by atoms with van der Waals surface area (Å²) in [6.45, 7) is 0. The largest absolute Gasteiger partial charge is 0.237 e. The quantitative estimate of drug-likeness (QED) is 0.622. The molecule has 3 nitrogen and oxygen atoms in total. The van der Waals surface area contributed by atoms with E-state index in [0.717, 1.165) is 16.7 Å². The Balaban J connectivity index is 2.19. The number of fused-ring (bicyclic) bond motifs is 1. The number of nitrogens with zero attached hydrogens (tertiary/aromatic N) is 3. The minimum atomic E-state index is -0.256. The van der Waals surface area contributed by atoms with Crippen LogP contribution in [0.2, 0.25) is 0 Å². The van der Waals surface area contributed by atoms with E-state index in [1.54, 1.807) is 23.1 Å². The molecular weight excluding hydrogens is 205 g/mol. The Labute approximate surface area is 91.2 Å². The van der Waals surface area contributed by atoms with Crippen LogP contribution in [0.5, 0.6) is 0 Å². The second-order valence-corrected chi connectivity index (χ2v) is 3.46. The molecule has 2 heterocycles. The van der Waals surface area contributed by atoms with Gasteiger partial charge in [-0.2, -0.15) is 5.10 Å². The first-order valence-electron chi connectivity index (χ1n) is 4.89. The van der Waals surface area contributed by atoms with Crippen LogP contribution >= 0.6 is 0 Å². The van der Waals surface area contributed by atoms with Crippen molar-refractivity contribution in [2.24, 2.45) is 0 Å². The zero-order valence-electron chi connectivity index (χ0n) is 8.34. The molecule has 78 valence electrons. The lowest BCUT2D eigenvalue weighted by molar-refractivity contribution is 0.630. The van der Waals surface area contributed by atoms with Crippen LogP contribution in [0.4, 0.5) is 4.39 Å². The minimum Gasteiger partial charge on any atom is -0.237 e. The molecule has 2 aromatic heterocycles. The molecule has 0 aliphatic heterocycles. The minimum absolute atomic E-state index is 0.256. The zero-order chi connectivity index (χ0) is 11.0. The fourth-order valence-corrected chi connectivity index (χ4v) is 1.60. The first kappa shape index (κ1) is 9.03. The third-order valence-corrected chi connectivity index (χ3v) is 2.35. The number of benzene rings is 1. The number of hydrogen-bond acceptors (Lipinski definition) is 2. The van der Waals surface area contributed by atoms with Gasteiger partial charge >= 0.3 is 0 Å². The Kier molecular flexibility index (Phi) is 1.93. The summed E-state index contributed by atoms with van der Waals surface area (Å²) < 4.78 is 14.6. The highest BCUT2D eigenvalue weighted by atomic mass is 19.1. The predicted molar refractivity (Wildman–Crippen MR) is 58.8 cm³/mol. The van der Waals surface area contributed by atoms with E-state index in [0.29, 0.717) is 0 Å². The molecule has 0 aliphatic carbocycles. The predicted octanol–water partition coefficient (Wildman–Crippen LogP) is 2.56. The van der Waals surface area contributed by atoms with Gasteiger partial charge in [0.15, 0.2) is 5.82 Å². The van der Waals surface area contributed by atoms with Crippen molar-refractivity contribution in [1.82, 2.24) is 14.8 Å². The van der Waals surface area contributed by atoms with Crippen molar-refractivity contribution in [1.29, 1.82) is 0 Å². The lowest BCUT2D eigenvalue weighted by atomic mass is 10.2. The summed E-state index contributed by atoms with van der Waals surface area (Å²) in [5, 5.41) is 5.08. The van der Waals surface area contributed by atoms with Crippen molar-refractivity contribution in [3.05, 3.63) is 54.6 Å². The van der Waals surface area contributed by atoms with Crippen molar-refractivity contribution >= 4 is 10.9 Å². The lowest BCUT2D eigenvalue weighted by Crippen LogP contribution is -1.96. The molecule has 0 aliphatic rings. The van der Waals surface area contributed by atoms with E-state index in [9.17, 15) is 4.39 Å². The second-order valence-electron chi connectivity index (χ2n) is 3.46. The monoisotopic (exact) mass is 213 g/mol. The second kappa shape index (κ2) is 3.41. The average Bonchev–Trinajstić information content (AvgIpc) is 2.73. The molecule has 4 heteroatoms. The maximum Gasteiger partial charge on any atom is 0.153 e. The van der Waals surface area contributed by atoms with Gasteiger partial charge in [-0.1, -0.05) is 6.07 Å². The molecule has 0 saturated heterocycles. The molecule has 3 rings (SSSR count). The van der Waals surface area contributed by atoms with Gasteiger partial charge in [-0.3, -0.25) is 0 Å². The van der Waals surface area contributed by atoms with Crippen LogP contribution in [0.3, 0.4) is 0 Å². The van der Waals surface area contributed by atoms with E-state index in [1.807, 2.05) is 18.2 Å². The van der Waals surface area contributed by atoms with Crippen LogP contribution in [0.15, 0.2) is 48.8 Å². The zero-order valence-corrected chi connectivity index (χ0v) is 8.34. The molecule has 0 atom stereocenters. The topological polar surface area (TPSA) is 30.7 Å². The standard InChI is InChI=1S/C12H8FN3/c13-10-4-5-11-9(7-10)8-16(15-11)12-3-1-2-6-14-12/h1-8H. The lowest BCUT2D eigenvalue weighted by Gasteiger charge is -1.96. The summed E-state index contributed by atoms with van der Waals surface area (Å²) >= 11 is 0. The van der Waals surface area contributed by atoms with Gasteiger partial charge in [-0.05, 0) is 30.3 Å². The highest BCUT2D eigenvalue weighted by Gasteiger charge is 2.03. The Bertz CT molecular complexity index is 631. The number of hydrogen-bond donors (Lipinski definition) is 0. The highest BCUT2D eigenvalue weighted by molar-refractivity contribution is 5.78.